The summed E-state index contributed by atoms with van der Waals surface area (Å²) in [6, 6.07) is 5.15. The summed E-state index contributed by atoms with van der Waals surface area (Å²) in [5.41, 5.74) is 1.89. The molecule has 0 N–H and O–H groups in total. The van der Waals surface area contributed by atoms with E-state index in [4.69, 9.17) is 0 Å². The fourth-order valence-corrected chi connectivity index (χ4v) is 2.25. The summed E-state index contributed by atoms with van der Waals surface area (Å²) in [4.78, 5) is 25.6. The standard InChI is InChI=1S/C13H16BNO3/c1-18-13(17)10-6-9(7-11(14)8-10)12(16)15-4-2-3-5-15/h6-8H,2-5,14H2,1H3. The number of hydrogen-bond acceptors (Lipinski definition) is 3. The number of carbonyl (C=O) groups excluding carboxylic acids is 2. The van der Waals surface area contributed by atoms with E-state index in [9.17, 15) is 9.59 Å². The molecule has 0 unspecified atom stereocenters. The van der Waals surface area contributed by atoms with Crippen LogP contribution in [0.2, 0.25) is 0 Å². The van der Waals surface area contributed by atoms with Gasteiger partial charge in [0.1, 0.15) is 7.85 Å². The molecule has 1 aliphatic heterocycles. The van der Waals surface area contributed by atoms with Crippen molar-refractivity contribution in [2.45, 2.75) is 12.8 Å². The van der Waals surface area contributed by atoms with Gasteiger partial charge < -0.3 is 9.64 Å². The van der Waals surface area contributed by atoms with Gasteiger partial charge in [0, 0.05) is 18.7 Å². The number of ether oxygens (including phenoxy) is 1. The van der Waals surface area contributed by atoms with Gasteiger partial charge in [-0.15, -0.1) is 0 Å². The number of methoxy groups -OCH3 is 1. The van der Waals surface area contributed by atoms with E-state index in [2.05, 4.69) is 4.74 Å². The molecule has 1 aromatic rings. The van der Waals surface area contributed by atoms with Crippen LogP contribution in [0.1, 0.15) is 33.6 Å². The average Bonchev–Trinajstić information content (AvgIpc) is 2.90. The Kier molecular flexibility index (Phi) is 3.70. The zero-order valence-electron chi connectivity index (χ0n) is 10.7. The molecular weight excluding hydrogens is 229 g/mol. The third kappa shape index (κ3) is 2.55. The number of benzene rings is 1. The lowest BCUT2D eigenvalue weighted by Crippen LogP contribution is -2.28. The summed E-state index contributed by atoms with van der Waals surface area (Å²) in [7, 11) is 3.21. The SMILES string of the molecule is Bc1cc(C(=O)OC)cc(C(=O)N2CCCC2)c1. The van der Waals surface area contributed by atoms with Crippen LogP contribution in [0.3, 0.4) is 0 Å². The lowest BCUT2D eigenvalue weighted by atomic mass is 9.91. The fourth-order valence-electron chi connectivity index (χ4n) is 2.25. The highest BCUT2D eigenvalue weighted by atomic mass is 16.5. The third-order valence-corrected chi connectivity index (χ3v) is 3.14. The Hall–Kier alpha value is -1.78. The van der Waals surface area contributed by atoms with Gasteiger partial charge >= 0.3 is 5.97 Å². The van der Waals surface area contributed by atoms with Crippen molar-refractivity contribution in [2.75, 3.05) is 20.2 Å². The molecule has 1 aliphatic rings. The first kappa shape index (κ1) is 12.7. The van der Waals surface area contributed by atoms with Crippen molar-refractivity contribution in [3.63, 3.8) is 0 Å². The smallest absolute Gasteiger partial charge is 0.337 e. The van der Waals surface area contributed by atoms with Gasteiger partial charge in [0.15, 0.2) is 0 Å². The number of hydrogen-bond donors (Lipinski definition) is 0. The molecule has 0 saturated carbocycles. The molecule has 4 nitrogen and oxygen atoms in total. The van der Waals surface area contributed by atoms with E-state index in [0.717, 1.165) is 31.4 Å². The highest BCUT2D eigenvalue weighted by Gasteiger charge is 2.20. The zero-order chi connectivity index (χ0) is 13.1. The molecule has 1 aromatic carbocycles. The maximum Gasteiger partial charge on any atom is 0.337 e. The Morgan fingerprint density at radius 3 is 2.39 bits per heavy atom. The maximum absolute atomic E-state index is 12.2. The quantitative estimate of drug-likeness (QED) is 0.543. The Morgan fingerprint density at radius 2 is 1.78 bits per heavy atom. The van der Waals surface area contributed by atoms with Crippen LogP contribution in [-0.4, -0.2) is 44.8 Å². The molecule has 1 saturated heterocycles. The van der Waals surface area contributed by atoms with Crippen molar-refractivity contribution in [3.05, 3.63) is 29.3 Å². The van der Waals surface area contributed by atoms with Crippen molar-refractivity contribution in [2.24, 2.45) is 0 Å². The summed E-state index contributed by atoms with van der Waals surface area (Å²) in [5.74, 6) is -0.407. The first-order valence-corrected chi connectivity index (χ1v) is 6.11. The second kappa shape index (κ2) is 5.25. The second-order valence-corrected chi connectivity index (χ2v) is 4.58. The van der Waals surface area contributed by atoms with Gasteiger partial charge in [0.05, 0.1) is 12.7 Å². The normalized spacial score (nSPS) is 14.6. The molecule has 0 aromatic heterocycles. The molecular formula is C13H16BNO3. The van der Waals surface area contributed by atoms with Crippen LogP contribution in [0.15, 0.2) is 18.2 Å². The van der Waals surface area contributed by atoms with E-state index >= 15 is 0 Å². The van der Waals surface area contributed by atoms with E-state index in [1.807, 2.05) is 18.8 Å². The number of likely N-dealkylation sites (tertiary alicyclic amines) is 1. The van der Waals surface area contributed by atoms with Crippen molar-refractivity contribution >= 4 is 25.2 Å². The van der Waals surface area contributed by atoms with Crippen molar-refractivity contribution < 1.29 is 14.3 Å². The van der Waals surface area contributed by atoms with E-state index in [1.54, 1.807) is 12.1 Å². The fraction of sp³-hybridized carbons (Fsp3) is 0.385. The average molecular weight is 245 g/mol. The van der Waals surface area contributed by atoms with Gasteiger partial charge in [0.2, 0.25) is 0 Å². The van der Waals surface area contributed by atoms with Crippen LogP contribution >= 0.6 is 0 Å². The van der Waals surface area contributed by atoms with Crippen molar-refractivity contribution in [1.29, 1.82) is 0 Å². The molecule has 2 rings (SSSR count). The summed E-state index contributed by atoms with van der Waals surface area (Å²) in [5, 5.41) is 0. The minimum atomic E-state index is -0.408. The van der Waals surface area contributed by atoms with Crippen LogP contribution in [0.4, 0.5) is 0 Å². The molecule has 0 atom stereocenters. The molecule has 5 heteroatoms. The molecule has 1 fully saturated rings. The molecule has 1 heterocycles. The lowest BCUT2D eigenvalue weighted by Gasteiger charge is -2.16. The lowest BCUT2D eigenvalue weighted by molar-refractivity contribution is 0.0601. The van der Waals surface area contributed by atoms with Gasteiger partial charge in [0.25, 0.3) is 5.91 Å². The zero-order valence-corrected chi connectivity index (χ0v) is 10.7. The number of esters is 1. The minimum Gasteiger partial charge on any atom is -0.465 e. The summed E-state index contributed by atoms with van der Waals surface area (Å²) >= 11 is 0. The largest absolute Gasteiger partial charge is 0.465 e. The number of amides is 1. The Bertz CT molecular complexity index is 481. The summed E-state index contributed by atoms with van der Waals surface area (Å²) in [6.07, 6.45) is 2.11. The van der Waals surface area contributed by atoms with Crippen molar-refractivity contribution in [1.82, 2.24) is 4.90 Å². The number of nitrogens with zero attached hydrogens (tertiary/aromatic N) is 1. The summed E-state index contributed by atoms with van der Waals surface area (Å²) < 4.78 is 4.69. The van der Waals surface area contributed by atoms with Crippen LogP contribution in [-0.2, 0) is 4.74 Å². The highest BCUT2D eigenvalue weighted by molar-refractivity contribution is 6.33. The van der Waals surface area contributed by atoms with E-state index in [0.29, 0.717) is 11.1 Å². The maximum atomic E-state index is 12.2. The molecule has 94 valence electrons. The Balaban J connectivity index is 2.29. The predicted octanol–water partition coefficient (Wildman–Crippen LogP) is -0.0324. The van der Waals surface area contributed by atoms with Gasteiger partial charge in [-0.25, -0.2) is 4.79 Å². The van der Waals surface area contributed by atoms with Gasteiger partial charge in [-0.3, -0.25) is 4.79 Å². The molecule has 0 bridgehead atoms. The van der Waals surface area contributed by atoms with Crippen LogP contribution in [0.5, 0.6) is 0 Å². The predicted molar refractivity (Wildman–Crippen MR) is 71.1 cm³/mol. The number of rotatable bonds is 2. The van der Waals surface area contributed by atoms with E-state index in [-0.39, 0.29) is 5.91 Å². The molecule has 0 aliphatic carbocycles. The van der Waals surface area contributed by atoms with Crippen LogP contribution in [0.25, 0.3) is 0 Å². The van der Waals surface area contributed by atoms with Crippen LogP contribution < -0.4 is 5.46 Å². The molecule has 1 amide bonds. The third-order valence-electron chi connectivity index (χ3n) is 3.14. The Morgan fingerprint density at radius 1 is 1.17 bits per heavy atom. The van der Waals surface area contributed by atoms with Gasteiger partial charge in [-0.05, 0) is 18.9 Å². The van der Waals surface area contributed by atoms with Crippen molar-refractivity contribution in [3.8, 4) is 0 Å². The van der Waals surface area contributed by atoms with Crippen LogP contribution in [0, 0.1) is 0 Å². The molecule has 18 heavy (non-hydrogen) atoms. The topological polar surface area (TPSA) is 46.6 Å². The van der Waals surface area contributed by atoms with E-state index < -0.39 is 5.97 Å². The van der Waals surface area contributed by atoms with Gasteiger partial charge in [-0.1, -0.05) is 17.6 Å². The molecule has 0 spiro atoms. The monoisotopic (exact) mass is 245 g/mol. The van der Waals surface area contributed by atoms with Gasteiger partial charge in [-0.2, -0.15) is 0 Å². The number of carbonyl (C=O) groups is 2. The first-order valence-electron chi connectivity index (χ1n) is 6.11. The second-order valence-electron chi connectivity index (χ2n) is 4.58. The van der Waals surface area contributed by atoms with E-state index in [1.165, 1.54) is 7.11 Å². The Labute approximate surface area is 107 Å². The minimum absolute atomic E-state index is 0.00125. The highest BCUT2D eigenvalue weighted by Crippen LogP contribution is 2.13. The summed E-state index contributed by atoms with van der Waals surface area (Å²) in [6.45, 7) is 1.61. The molecule has 0 radical (unpaired) electrons. The first-order chi connectivity index (χ1) is 8.61.